The molecule has 1 aromatic heterocycles. The first-order valence-corrected chi connectivity index (χ1v) is 7.65. The zero-order chi connectivity index (χ0) is 13.2. The molecule has 0 aliphatic heterocycles. The number of rotatable bonds is 4. The second-order valence-corrected chi connectivity index (χ2v) is 6.16. The number of hydrogen-bond acceptors (Lipinski definition) is 5. The van der Waals surface area contributed by atoms with Gasteiger partial charge < -0.3 is 10.1 Å². The topological polar surface area (TPSA) is 72.0 Å². The fourth-order valence-electron chi connectivity index (χ4n) is 2.64. The zero-order valence-electron chi connectivity index (χ0n) is 10.7. The van der Waals surface area contributed by atoms with Crippen molar-refractivity contribution in [1.82, 2.24) is 9.36 Å². The Morgan fingerprint density at radius 3 is 2.79 bits per heavy atom. The van der Waals surface area contributed by atoms with Crippen LogP contribution in [0.15, 0.2) is 0 Å². The molecule has 1 heterocycles. The first kappa shape index (κ1) is 12.7. The van der Waals surface area contributed by atoms with Crippen LogP contribution in [0.5, 0.6) is 0 Å². The average molecular weight is 279 g/mol. The molecule has 0 spiro atoms. The summed E-state index contributed by atoms with van der Waals surface area (Å²) in [6, 6.07) is 0. The molecule has 6 heteroatoms. The lowest BCUT2D eigenvalue weighted by Gasteiger charge is -2.25. The maximum Gasteiger partial charge on any atom is 0.230 e. The summed E-state index contributed by atoms with van der Waals surface area (Å²) in [5.41, 5.74) is 0. The Labute approximate surface area is 116 Å². The molecule has 2 saturated carbocycles. The lowest BCUT2D eigenvalue weighted by atomic mass is 9.79. The SMILES string of the molecule is O=CC1CCCCC1C(=O)Nc1nc(C2CC2)ns1. The van der Waals surface area contributed by atoms with Crippen LogP contribution < -0.4 is 5.32 Å². The maximum absolute atomic E-state index is 12.2. The summed E-state index contributed by atoms with van der Waals surface area (Å²) in [5, 5.41) is 3.40. The fourth-order valence-corrected chi connectivity index (χ4v) is 3.29. The molecule has 0 radical (unpaired) electrons. The minimum atomic E-state index is -0.195. The van der Waals surface area contributed by atoms with Crippen LogP contribution in [-0.2, 0) is 9.59 Å². The van der Waals surface area contributed by atoms with Crippen LogP contribution in [0.25, 0.3) is 0 Å². The number of aromatic nitrogens is 2. The van der Waals surface area contributed by atoms with Crippen molar-refractivity contribution in [2.24, 2.45) is 11.8 Å². The van der Waals surface area contributed by atoms with Crippen LogP contribution in [0.1, 0.15) is 50.3 Å². The summed E-state index contributed by atoms with van der Waals surface area (Å²) in [5.74, 6) is 0.953. The summed E-state index contributed by atoms with van der Waals surface area (Å²) >= 11 is 1.24. The second-order valence-electron chi connectivity index (χ2n) is 5.41. The van der Waals surface area contributed by atoms with Gasteiger partial charge in [0.25, 0.3) is 0 Å². The van der Waals surface area contributed by atoms with Gasteiger partial charge in [0.05, 0.1) is 0 Å². The van der Waals surface area contributed by atoms with E-state index in [0.717, 1.165) is 50.6 Å². The van der Waals surface area contributed by atoms with E-state index in [-0.39, 0.29) is 17.7 Å². The number of anilines is 1. The summed E-state index contributed by atoms with van der Waals surface area (Å²) in [7, 11) is 0. The van der Waals surface area contributed by atoms with E-state index in [4.69, 9.17) is 0 Å². The number of nitrogens with zero attached hydrogens (tertiary/aromatic N) is 2. The van der Waals surface area contributed by atoms with Gasteiger partial charge in [-0.25, -0.2) is 4.98 Å². The van der Waals surface area contributed by atoms with Gasteiger partial charge in [-0.15, -0.1) is 0 Å². The Balaban J connectivity index is 1.63. The van der Waals surface area contributed by atoms with Crippen molar-refractivity contribution < 1.29 is 9.59 Å². The van der Waals surface area contributed by atoms with E-state index in [1.54, 1.807) is 0 Å². The van der Waals surface area contributed by atoms with Gasteiger partial charge in [-0.3, -0.25) is 4.79 Å². The molecule has 5 nitrogen and oxygen atoms in total. The van der Waals surface area contributed by atoms with Crippen LogP contribution in [-0.4, -0.2) is 21.6 Å². The molecule has 1 amide bonds. The Morgan fingerprint density at radius 2 is 2.05 bits per heavy atom. The van der Waals surface area contributed by atoms with Gasteiger partial charge in [-0.2, -0.15) is 4.37 Å². The van der Waals surface area contributed by atoms with Crippen LogP contribution >= 0.6 is 11.5 Å². The van der Waals surface area contributed by atoms with Crippen molar-refractivity contribution >= 4 is 28.9 Å². The molecule has 3 rings (SSSR count). The summed E-state index contributed by atoms with van der Waals surface area (Å²) in [4.78, 5) is 27.6. The number of amides is 1. The third-order valence-electron chi connectivity index (χ3n) is 3.95. The van der Waals surface area contributed by atoms with E-state index in [2.05, 4.69) is 14.7 Å². The Morgan fingerprint density at radius 1 is 1.26 bits per heavy atom. The Bertz CT molecular complexity index is 484. The quantitative estimate of drug-likeness (QED) is 0.859. The van der Waals surface area contributed by atoms with Gasteiger partial charge >= 0.3 is 0 Å². The normalized spacial score (nSPS) is 26.9. The maximum atomic E-state index is 12.2. The Hall–Kier alpha value is -1.30. The van der Waals surface area contributed by atoms with Crippen molar-refractivity contribution in [2.75, 3.05) is 5.32 Å². The predicted octanol–water partition coefficient (Wildman–Crippen LogP) is 2.36. The first-order chi connectivity index (χ1) is 9.28. The van der Waals surface area contributed by atoms with Crippen LogP contribution in [0, 0.1) is 11.8 Å². The highest BCUT2D eigenvalue weighted by Gasteiger charge is 2.32. The van der Waals surface area contributed by atoms with Crippen molar-refractivity contribution in [3.8, 4) is 0 Å². The highest BCUT2D eigenvalue weighted by Crippen LogP contribution is 2.39. The highest BCUT2D eigenvalue weighted by molar-refractivity contribution is 7.09. The number of nitrogens with one attached hydrogen (secondary N) is 1. The van der Waals surface area contributed by atoms with Crippen molar-refractivity contribution in [1.29, 1.82) is 0 Å². The smallest absolute Gasteiger partial charge is 0.230 e. The highest BCUT2D eigenvalue weighted by atomic mass is 32.1. The first-order valence-electron chi connectivity index (χ1n) is 6.87. The van der Waals surface area contributed by atoms with E-state index in [1.807, 2.05) is 0 Å². The number of hydrogen-bond donors (Lipinski definition) is 1. The van der Waals surface area contributed by atoms with Crippen molar-refractivity contribution in [3.05, 3.63) is 5.82 Å². The Kier molecular flexibility index (Phi) is 3.59. The standard InChI is InChI=1S/C13H17N3O2S/c17-7-9-3-1-2-4-10(9)12(18)15-13-14-11(16-19-13)8-5-6-8/h7-10H,1-6H2,(H,14,15,16,18). The van der Waals surface area contributed by atoms with E-state index in [0.29, 0.717) is 11.0 Å². The van der Waals surface area contributed by atoms with E-state index in [9.17, 15) is 9.59 Å². The second kappa shape index (κ2) is 5.36. The predicted molar refractivity (Wildman–Crippen MR) is 72.0 cm³/mol. The molecule has 2 aliphatic rings. The average Bonchev–Trinajstić information content (AvgIpc) is 3.19. The summed E-state index contributed by atoms with van der Waals surface area (Å²) in [6.45, 7) is 0. The fraction of sp³-hybridized carbons (Fsp3) is 0.692. The van der Waals surface area contributed by atoms with Gasteiger partial charge in [0, 0.05) is 29.3 Å². The van der Waals surface area contributed by atoms with Crippen LogP contribution in [0.2, 0.25) is 0 Å². The molecule has 1 N–H and O–H groups in total. The molecule has 0 saturated heterocycles. The molecule has 0 aromatic carbocycles. The van der Waals surface area contributed by atoms with Crippen molar-refractivity contribution in [2.45, 2.75) is 44.4 Å². The molecule has 2 unspecified atom stereocenters. The lowest BCUT2D eigenvalue weighted by Crippen LogP contribution is -2.32. The molecule has 2 fully saturated rings. The van der Waals surface area contributed by atoms with E-state index < -0.39 is 0 Å². The van der Waals surface area contributed by atoms with E-state index in [1.165, 1.54) is 11.5 Å². The summed E-state index contributed by atoms with van der Waals surface area (Å²) < 4.78 is 4.26. The monoisotopic (exact) mass is 279 g/mol. The van der Waals surface area contributed by atoms with Crippen LogP contribution in [0.3, 0.4) is 0 Å². The third-order valence-corrected chi connectivity index (χ3v) is 4.59. The number of carbonyl (C=O) groups is 2. The van der Waals surface area contributed by atoms with Gasteiger partial charge in [-0.05, 0) is 25.7 Å². The molecular weight excluding hydrogens is 262 g/mol. The molecule has 102 valence electrons. The molecule has 19 heavy (non-hydrogen) atoms. The number of aldehydes is 1. The molecule has 0 bridgehead atoms. The molecule has 1 aromatic rings. The van der Waals surface area contributed by atoms with Crippen molar-refractivity contribution in [3.63, 3.8) is 0 Å². The van der Waals surface area contributed by atoms with Gasteiger partial charge in [0.2, 0.25) is 11.0 Å². The molecular formula is C13H17N3O2S. The number of carbonyl (C=O) groups excluding carboxylic acids is 2. The zero-order valence-corrected chi connectivity index (χ0v) is 11.5. The third kappa shape index (κ3) is 2.83. The minimum Gasteiger partial charge on any atom is -0.303 e. The molecule has 2 aliphatic carbocycles. The van der Waals surface area contributed by atoms with Gasteiger partial charge in [-0.1, -0.05) is 12.8 Å². The van der Waals surface area contributed by atoms with E-state index >= 15 is 0 Å². The van der Waals surface area contributed by atoms with Gasteiger partial charge in [0.15, 0.2) is 0 Å². The molecule has 2 atom stereocenters. The lowest BCUT2D eigenvalue weighted by molar-refractivity contribution is -0.126. The summed E-state index contributed by atoms with van der Waals surface area (Å²) in [6.07, 6.45) is 6.91. The van der Waals surface area contributed by atoms with Crippen LogP contribution in [0.4, 0.5) is 5.13 Å². The largest absolute Gasteiger partial charge is 0.303 e. The van der Waals surface area contributed by atoms with Gasteiger partial charge in [0.1, 0.15) is 12.1 Å². The minimum absolute atomic E-state index is 0.0738.